The van der Waals surface area contributed by atoms with Gasteiger partial charge in [-0.3, -0.25) is 0 Å². The molecule has 2 aliphatic heterocycles. The predicted molar refractivity (Wildman–Crippen MR) is 58.2 cm³/mol. The van der Waals surface area contributed by atoms with Gasteiger partial charge in [0.25, 0.3) is 0 Å². The first-order chi connectivity index (χ1) is 7.31. The molecule has 3 aliphatic rings. The molecule has 82 valence electrons. The fraction of sp³-hybridized carbons (Fsp3) is 0.917. The lowest BCUT2D eigenvalue weighted by molar-refractivity contribution is 0.250. The van der Waals surface area contributed by atoms with Gasteiger partial charge in [-0.05, 0) is 43.2 Å². The van der Waals surface area contributed by atoms with Crippen LogP contribution in [0.3, 0.4) is 0 Å². The highest BCUT2D eigenvalue weighted by Gasteiger charge is 2.46. The minimum atomic E-state index is 0.404. The highest BCUT2D eigenvalue weighted by atomic mass is 15.2. The van der Waals surface area contributed by atoms with E-state index in [1.54, 1.807) is 0 Å². The fourth-order valence-electron chi connectivity index (χ4n) is 3.29. The van der Waals surface area contributed by atoms with E-state index in [2.05, 4.69) is 16.3 Å². The SMILES string of the molecule is N#CCC1(CN2C[C@H]3CNC[C@H]3C2)CC1. The summed E-state index contributed by atoms with van der Waals surface area (Å²) in [6, 6.07) is 2.36. The molecule has 0 unspecified atom stereocenters. The van der Waals surface area contributed by atoms with E-state index in [4.69, 9.17) is 5.26 Å². The molecule has 2 saturated heterocycles. The molecule has 2 atom stereocenters. The first-order valence-electron chi connectivity index (χ1n) is 6.11. The Hall–Kier alpha value is -0.590. The molecule has 1 N–H and O–H groups in total. The Bertz CT molecular complexity index is 278. The standard InChI is InChI=1S/C12H19N3/c13-4-3-12(1-2-12)9-15-7-10-5-14-6-11(10)8-15/h10-11,14H,1-3,5-9H2/t10-,11+. The van der Waals surface area contributed by atoms with Gasteiger partial charge in [0.1, 0.15) is 0 Å². The quantitative estimate of drug-likeness (QED) is 0.742. The summed E-state index contributed by atoms with van der Waals surface area (Å²) < 4.78 is 0. The van der Waals surface area contributed by atoms with Crippen LogP contribution >= 0.6 is 0 Å². The van der Waals surface area contributed by atoms with Gasteiger partial charge >= 0.3 is 0 Å². The first kappa shape index (κ1) is 9.62. The largest absolute Gasteiger partial charge is 0.316 e. The summed E-state index contributed by atoms with van der Waals surface area (Å²) in [5.41, 5.74) is 0.404. The van der Waals surface area contributed by atoms with E-state index in [0.29, 0.717) is 5.41 Å². The van der Waals surface area contributed by atoms with Crippen LogP contribution in [0.15, 0.2) is 0 Å². The maximum atomic E-state index is 8.80. The van der Waals surface area contributed by atoms with E-state index in [9.17, 15) is 0 Å². The molecular formula is C12H19N3. The van der Waals surface area contributed by atoms with Gasteiger partial charge in [0, 0.05) is 26.1 Å². The number of hydrogen-bond donors (Lipinski definition) is 1. The van der Waals surface area contributed by atoms with Crippen LogP contribution in [0.2, 0.25) is 0 Å². The second-order valence-electron chi connectivity index (χ2n) is 5.71. The number of nitriles is 1. The third-order valence-corrected chi connectivity index (χ3v) is 4.44. The normalized spacial score (nSPS) is 37.5. The van der Waals surface area contributed by atoms with Crippen LogP contribution in [-0.2, 0) is 0 Å². The molecule has 1 saturated carbocycles. The van der Waals surface area contributed by atoms with E-state index in [1.165, 1.54) is 45.6 Å². The Labute approximate surface area is 91.4 Å². The number of hydrogen-bond acceptors (Lipinski definition) is 3. The number of fused-ring (bicyclic) bond motifs is 1. The molecule has 1 aliphatic carbocycles. The van der Waals surface area contributed by atoms with Crippen molar-refractivity contribution in [1.29, 1.82) is 5.26 Å². The Morgan fingerprint density at radius 2 is 1.93 bits per heavy atom. The number of nitrogens with zero attached hydrogens (tertiary/aromatic N) is 2. The maximum Gasteiger partial charge on any atom is 0.0628 e. The van der Waals surface area contributed by atoms with Crippen LogP contribution in [0, 0.1) is 28.6 Å². The minimum absolute atomic E-state index is 0.404. The highest BCUT2D eigenvalue weighted by molar-refractivity contribution is 5.03. The van der Waals surface area contributed by atoms with Gasteiger partial charge in [-0.25, -0.2) is 0 Å². The van der Waals surface area contributed by atoms with E-state index >= 15 is 0 Å². The van der Waals surface area contributed by atoms with Crippen molar-refractivity contribution in [3.05, 3.63) is 0 Å². The van der Waals surface area contributed by atoms with Crippen molar-refractivity contribution in [2.45, 2.75) is 19.3 Å². The van der Waals surface area contributed by atoms with Crippen LogP contribution in [0.1, 0.15) is 19.3 Å². The van der Waals surface area contributed by atoms with E-state index < -0.39 is 0 Å². The van der Waals surface area contributed by atoms with Gasteiger partial charge in [0.2, 0.25) is 0 Å². The van der Waals surface area contributed by atoms with E-state index in [1.807, 2.05) is 0 Å². The van der Waals surface area contributed by atoms with Crippen molar-refractivity contribution >= 4 is 0 Å². The minimum Gasteiger partial charge on any atom is -0.316 e. The Morgan fingerprint density at radius 3 is 2.47 bits per heavy atom. The molecule has 3 fully saturated rings. The lowest BCUT2D eigenvalue weighted by Crippen LogP contribution is -2.31. The monoisotopic (exact) mass is 205 g/mol. The van der Waals surface area contributed by atoms with Crippen molar-refractivity contribution in [2.75, 3.05) is 32.7 Å². The lowest BCUT2D eigenvalue weighted by Gasteiger charge is -2.22. The zero-order valence-electron chi connectivity index (χ0n) is 9.21. The Morgan fingerprint density at radius 1 is 1.27 bits per heavy atom. The Balaban J connectivity index is 1.55. The van der Waals surface area contributed by atoms with Crippen molar-refractivity contribution in [2.24, 2.45) is 17.3 Å². The maximum absolute atomic E-state index is 8.80. The molecular weight excluding hydrogens is 186 g/mol. The molecule has 0 aromatic rings. The lowest BCUT2D eigenvalue weighted by atomic mass is 10.0. The van der Waals surface area contributed by atoms with Crippen molar-refractivity contribution < 1.29 is 0 Å². The summed E-state index contributed by atoms with van der Waals surface area (Å²) in [7, 11) is 0. The summed E-state index contributed by atoms with van der Waals surface area (Å²) in [5, 5.41) is 12.3. The van der Waals surface area contributed by atoms with Gasteiger partial charge in [-0.15, -0.1) is 0 Å². The molecule has 0 radical (unpaired) electrons. The topological polar surface area (TPSA) is 39.1 Å². The molecule has 2 heterocycles. The second-order valence-corrected chi connectivity index (χ2v) is 5.71. The van der Waals surface area contributed by atoms with Gasteiger partial charge in [0.15, 0.2) is 0 Å². The van der Waals surface area contributed by atoms with Gasteiger partial charge in [-0.2, -0.15) is 5.26 Å². The number of likely N-dealkylation sites (tertiary alicyclic amines) is 1. The number of rotatable bonds is 3. The van der Waals surface area contributed by atoms with E-state index in [0.717, 1.165) is 18.3 Å². The van der Waals surface area contributed by atoms with Crippen LogP contribution < -0.4 is 5.32 Å². The van der Waals surface area contributed by atoms with Crippen LogP contribution in [0.25, 0.3) is 0 Å². The van der Waals surface area contributed by atoms with E-state index in [-0.39, 0.29) is 0 Å². The Kier molecular flexibility index (Phi) is 2.22. The summed E-state index contributed by atoms with van der Waals surface area (Å²) in [6.45, 7) is 6.15. The zero-order valence-corrected chi connectivity index (χ0v) is 9.21. The molecule has 15 heavy (non-hydrogen) atoms. The van der Waals surface area contributed by atoms with Crippen molar-refractivity contribution in [3.63, 3.8) is 0 Å². The summed E-state index contributed by atoms with van der Waals surface area (Å²) >= 11 is 0. The molecule has 0 aromatic carbocycles. The summed E-state index contributed by atoms with van der Waals surface area (Å²) in [4.78, 5) is 2.61. The average molecular weight is 205 g/mol. The molecule has 3 nitrogen and oxygen atoms in total. The van der Waals surface area contributed by atoms with Gasteiger partial charge in [-0.1, -0.05) is 0 Å². The first-order valence-corrected chi connectivity index (χ1v) is 6.11. The summed E-state index contributed by atoms with van der Waals surface area (Å²) in [6.07, 6.45) is 3.34. The molecule has 0 spiro atoms. The van der Waals surface area contributed by atoms with Crippen molar-refractivity contribution in [3.8, 4) is 6.07 Å². The number of nitrogens with one attached hydrogen (secondary N) is 1. The average Bonchev–Trinajstić information content (AvgIpc) is 2.65. The third-order valence-electron chi connectivity index (χ3n) is 4.44. The predicted octanol–water partition coefficient (Wildman–Crippen LogP) is 0.831. The van der Waals surface area contributed by atoms with Gasteiger partial charge < -0.3 is 10.2 Å². The van der Waals surface area contributed by atoms with Crippen molar-refractivity contribution in [1.82, 2.24) is 10.2 Å². The molecule has 0 bridgehead atoms. The molecule has 0 amide bonds. The zero-order chi connectivity index (χ0) is 10.3. The van der Waals surface area contributed by atoms with Crippen LogP contribution in [0.5, 0.6) is 0 Å². The summed E-state index contributed by atoms with van der Waals surface area (Å²) in [5.74, 6) is 1.78. The highest BCUT2D eigenvalue weighted by Crippen LogP contribution is 2.49. The fourth-order valence-corrected chi connectivity index (χ4v) is 3.29. The molecule has 0 aromatic heterocycles. The van der Waals surface area contributed by atoms with Crippen LogP contribution in [0.4, 0.5) is 0 Å². The second kappa shape index (κ2) is 3.47. The third kappa shape index (κ3) is 1.77. The molecule has 3 heteroatoms. The molecule has 3 rings (SSSR count). The smallest absolute Gasteiger partial charge is 0.0628 e. The van der Waals surface area contributed by atoms with Crippen LogP contribution in [-0.4, -0.2) is 37.6 Å². The van der Waals surface area contributed by atoms with Gasteiger partial charge in [0.05, 0.1) is 6.07 Å².